The van der Waals surface area contributed by atoms with Gasteiger partial charge in [0.1, 0.15) is 0 Å². The maximum absolute atomic E-state index is 13.7. The lowest BCUT2D eigenvalue weighted by Gasteiger charge is -2.43. The number of ether oxygens (including phenoxy) is 1. The van der Waals surface area contributed by atoms with Crippen LogP contribution in [0.5, 0.6) is 0 Å². The maximum Gasteiger partial charge on any atom is 0.246 e. The number of benzene rings is 3. The quantitative estimate of drug-likeness (QED) is 0.439. The zero-order chi connectivity index (χ0) is 22.6. The summed E-state index contributed by atoms with van der Waals surface area (Å²) in [5, 5.41) is 0. The highest BCUT2D eigenvalue weighted by molar-refractivity contribution is 7.89. The molecule has 3 aromatic rings. The van der Waals surface area contributed by atoms with Gasteiger partial charge in [0.05, 0.1) is 11.0 Å². The summed E-state index contributed by atoms with van der Waals surface area (Å²) in [7, 11) is -3.79. The molecule has 5 heteroatoms. The number of sulfonamides is 1. The third kappa shape index (κ3) is 4.85. The van der Waals surface area contributed by atoms with Crippen molar-refractivity contribution in [3.05, 3.63) is 114 Å². The fourth-order valence-corrected chi connectivity index (χ4v) is 5.86. The first-order valence-corrected chi connectivity index (χ1v) is 12.4. The van der Waals surface area contributed by atoms with Gasteiger partial charge in [-0.05, 0) is 49.4 Å². The summed E-state index contributed by atoms with van der Waals surface area (Å²) in [6, 6.07) is 26.5. The third-order valence-corrected chi connectivity index (χ3v) is 7.82. The Bertz CT molecular complexity index is 1130. The Morgan fingerprint density at radius 2 is 1.59 bits per heavy atom. The monoisotopic (exact) mass is 447 g/mol. The molecule has 1 heterocycles. The summed E-state index contributed by atoms with van der Waals surface area (Å²) in [5.74, 6) is 0. The molecular weight excluding hydrogens is 418 g/mol. The van der Waals surface area contributed by atoms with Crippen LogP contribution in [-0.2, 0) is 21.2 Å². The summed E-state index contributed by atoms with van der Waals surface area (Å²) in [5.41, 5.74) is 3.08. The van der Waals surface area contributed by atoms with Crippen molar-refractivity contribution < 1.29 is 13.2 Å². The highest BCUT2D eigenvalue weighted by atomic mass is 32.2. The highest BCUT2D eigenvalue weighted by Gasteiger charge is 2.43. The van der Waals surface area contributed by atoms with Gasteiger partial charge in [-0.2, -0.15) is 4.31 Å². The zero-order valence-electron chi connectivity index (χ0n) is 18.3. The number of nitrogens with zero attached hydrogens (tertiary/aromatic N) is 1. The second-order valence-corrected chi connectivity index (χ2v) is 10.1. The van der Waals surface area contributed by atoms with Gasteiger partial charge in [0.25, 0.3) is 0 Å². The van der Waals surface area contributed by atoms with Crippen molar-refractivity contribution in [3.8, 4) is 0 Å². The van der Waals surface area contributed by atoms with Gasteiger partial charge < -0.3 is 4.74 Å². The second kappa shape index (κ2) is 9.82. The van der Waals surface area contributed by atoms with E-state index in [0.29, 0.717) is 6.42 Å². The number of rotatable bonds is 7. The summed E-state index contributed by atoms with van der Waals surface area (Å²) >= 11 is 0. The normalized spacial score (nSPS) is 21.8. The molecule has 1 fully saturated rings. The van der Waals surface area contributed by atoms with Gasteiger partial charge >= 0.3 is 0 Å². The Morgan fingerprint density at radius 1 is 0.969 bits per heavy atom. The fourth-order valence-electron chi connectivity index (χ4n) is 4.18. The number of hydrogen-bond donors (Lipinski definition) is 0. The molecule has 0 spiro atoms. The zero-order valence-corrected chi connectivity index (χ0v) is 19.1. The topological polar surface area (TPSA) is 46.6 Å². The van der Waals surface area contributed by atoms with Crippen LogP contribution in [-0.4, -0.2) is 24.9 Å². The SMILES string of the molecule is C=C[C@H]1C[C@@H](CCc2ccccc2)O[C@@H](c2ccccc2)N1S(=O)(=O)c1ccc(C)cc1. The van der Waals surface area contributed by atoms with E-state index in [0.717, 1.165) is 24.0 Å². The summed E-state index contributed by atoms with van der Waals surface area (Å²) < 4.78 is 35.4. The Labute approximate surface area is 191 Å². The number of hydrogen-bond acceptors (Lipinski definition) is 3. The predicted octanol–water partition coefficient (Wildman–Crippen LogP) is 5.66. The van der Waals surface area contributed by atoms with Crippen molar-refractivity contribution in [1.29, 1.82) is 0 Å². The minimum atomic E-state index is -3.79. The Morgan fingerprint density at radius 3 is 2.22 bits per heavy atom. The van der Waals surface area contributed by atoms with Crippen LogP contribution in [0, 0.1) is 6.92 Å². The first-order valence-electron chi connectivity index (χ1n) is 11.0. The van der Waals surface area contributed by atoms with Gasteiger partial charge in [-0.1, -0.05) is 84.4 Å². The molecule has 0 saturated carbocycles. The molecule has 1 aliphatic heterocycles. The van der Waals surface area contributed by atoms with Gasteiger partial charge in [0.15, 0.2) is 6.23 Å². The summed E-state index contributed by atoms with van der Waals surface area (Å²) in [6.45, 7) is 5.92. The third-order valence-electron chi connectivity index (χ3n) is 5.93. The molecule has 0 N–H and O–H groups in total. The molecule has 4 nitrogen and oxygen atoms in total. The lowest BCUT2D eigenvalue weighted by atomic mass is 9.99. The van der Waals surface area contributed by atoms with Crippen molar-refractivity contribution in [2.24, 2.45) is 0 Å². The molecule has 1 saturated heterocycles. The van der Waals surface area contributed by atoms with Crippen LogP contribution in [0.2, 0.25) is 0 Å². The van der Waals surface area contributed by atoms with Crippen LogP contribution < -0.4 is 0 Å². The van der Waals surface area contributed by atoms with Gasteiger partial charge in [0, 0.05) is 6.04 Å². The van der Waals surface area contributed by atoms with Crippen molar-refractivity contribution in [2.45, 2.75) is 49.5 Å². The Balaban J connectivity index is 1.67. The molecular formula is C27H29NO3S. The van der Waals surface area contributed by atoms with E-state index in [4.69, 9.17) is 4.74 Å². The van der Waals surface area contributed by atoms with E-state index in [1.807, 2.05) is 67.6 Å². The number of aryl methyl sites for hydroxylation is 2. The van der Waals surface area contributed by atoms with Crippen molar-refractivity contribution in [1.82, 2.24) is 4.31 Å². The molecule has 0 amide bonds. The predicted molar refractivity (Wildman–Crippen MR) is 128 cm³/mol. The smallest absolute Gasteiger partial charge is 0.246 e. The van der Waals surface area contributed by atoms with E-state index in [1.54, 1.807) is 18.2 Å². The van der Waals surface area contributed by atoms with Crippen LogP contribution >= 0.6 is 0 Å². The molecule has 0 radical (unpaired) electrons. The highest BCUT2D eigenvalue weighted by Crippen LogP contribution is 2.39. The van der Waals surface area contributed by atoms with E-state index >= 15 is 0 Å². The average Bonchev–Trinajstić information content (AvgIpc) is 2.83. The van der Waals surface area contributed by atoms with E-state index in [9.17, 15) is 8.42 Å². The Hall–Kier alpha value is -2.73. The minimum absolute atomic E-state index is 0.0760. The first kappa shape index (κ1) is 22.5. The molecule has 1 aliphatic rings. The molecule has 3 atom stereocenters. The minimum Gasteiger partial charge on any atom is -0.354 e. The maximum atomic E-state index is 13.7. The molecule has 0 aliphatic carbocycles. The largest absolute Gasteiger partial charge is 0.354 e. The summed E-state index contributed by atoms with van der Waals surface area (Å²) in [6.07, 6.45) is 3.22. The molecule has 32 heavy (non-hydrogen) atoms. The molecule has 0 unspecified atom stereocenters. The van der Waals surface area contributed by atoms with Gasteiger partial charge in [0.2, 0.25) is 10.0 Å². The Kier molecular flexibility index (Phi) is 6.89. The van der Waals surface area contributed by atoms with Crippen LogP contribution in [0.25, 0.3) is 0 Å². The van der Waals surface area contributed by atoms with Gasteiger partial charge in [-0.15, -0.1) is 6.58 Å². The van der Waals surface area contributed by atoms with Crippen LogP contribution in [0.4, 0.5) is 0 Å². The van der Waals surface area contributed by atoms with Gasteiger partial charge in [-0.3, -0.25) is 0 Å². The molecule has 166 valence electrons. The lowest BCUT2D eigenvalue weighted by Crippen LogP contribution is -2.49. The van der Waals surface area contributed by atoms with Gasteiger partial charge in [-0.25, -0.2) is 8.42 Å². The molecule has 3 aromatic carbocycles. The van der Waals surface area contributed by atoms with E-state index in [2.05, 4.69) is 18.7 Å². The van der Waals surface area contributed by atoms with Crippen LogP contribution in [0.1, 0.15) is 35.8 Å². The van der Waals surface area contributed by atoms with E-state index < -0.39 is 16.3 Å². The molecule has 0 aromatic heterocycles. The van der Waals surface area contributed by atoms with Crippen LogP contribution in [0.15, 0.2) is 102 Å². The van der Waals surface area contributed by atoms with Crippen LogP contribution in [0.3, 0.4) is 0 Å². The second-order valence-electron chi connectivity index (χ2n) is 8.23. The lowest BCUT2D eigenvalue weighted by molar-refractivity contribution is -0.124. The van der Waals surface area contributed by atoms with Crippen molar-refractivity contribution in [3.63, 3.8) is 0 Å². The van der Waals surface area contributed by atoms with Crippen molar-refractivity contribution in [2.75, 3.05) is 0 Å². The fraction of sp³-hybridized carbons (Fsp3) is 0.259. The average molecular weight is 448 g/mol. The summed E-state index contributed by atoms with van der Waals surface area (Å²) in [4.78, 5) is 0.266. The van der Waals surface area contributed by atoms with E-state index in [1.165, 1.54) is 9.87 Å². The first-order chi connectivity index (χ1) is 15.5. The standard InChI is InChI=1S/C27H29NO3S/c1-3-24-20-25(17-16-22-10-6-4-7-11-22)31-27(23-12-8-5-9-13-23)28(24)32(29,30)26-18-14-21(2)15-19-26/h3-15,18-19,24-25,27H,1,16-17,20H2,2H3/t24-,25+,27-/m0/s1. The van der Waals surface area contributed by atoms with Crippen molar-refractivity contribution >= 4 is 10.0 Å². The molecule has 4 rings (SSSR count). The molecule has 0 bridgehead atoms. The van der Waals surface area contributed by atoms with E-state index in [-0.39, 0.29) is 17.0 Å².